The standard InChI is InChI=1S/C11H10ClF3N2/c1-6-5-16-10(17-6)8-3-2-7(12)4-9(8)11(13,14)15/h2-4,6H,5H2,1H3,(H,16,17). The molecule has 1 aromatic carbocycles. The Morgan fingerprint density at radius 3 is 2.65 bits per heavy atom. The van der Waals surface area contributed by atoms with Crippen molar-refractivity contribution in [1.29, 1.82) is 0 Å². The van der Waals surface area contributed by atoms with Gasteiger partial charge >= 0.3 is 6.18 Å². The molecule has 1 heterocycles. The Hall–Kier alpha value is -1.23. The number of rotatable bonds is 1. The number of benzene rings is 1. The van der Waals surface area contributed by atoms with Crippen LogP contribution >= 0.6 is 11.6 Å². The summed E-state index contributed by atoms with van der Waals surface area (Å²) in [6, 6.07) is 3.75. The first-order chi connectivity index (χ1) is 7.88. The quantitative estimate of drug-likeness (QED) is 0.826. The molecule has 1 N–H and O–H groups in total. The van der Waals surface area contributed by atoms with Crippen molar-refractivity contribution < 1.29 is 13.2 Å². The fraction of sp³-hybridized carbons (Fsp3) is 0.364. The van der Waals surface area contributed by atoms with Crippen LogP contribution in [-0.4, -0.2) is 18.4 Å². The first-order valence-corrected chi connectivity index (χ1v) is 5.44. The third-order valence-electron chi connectivity index (χ3n) is 2.45. The first-order valence-electron chi connectivity index (χ1n) is 5.06. The third kappa shape index (κ3) is 2.54. The Morgan fingerprint density at radius 1 is 1.41 bits per heavy atom. The molecule has 0 amide bonds. The molecule has 1 unspecified atom stereocenters. The molecular weight excluding hydrogens is 253 g/mol. The Kier molecular flexibility index (Phi) is 3.03. The van der Waals surface area contributed by atoms with Crippen molar-refractivity contribution in [3.05, 3.63) is 34.3 Å². The molecular formula is C11H10ClF3N2. The Morgan fingerprint density at radius 2 is 2.12 bits per heavy atom. The molecule has 0 saturated heterocycles. The van der Waals surface area contributed by atoms with Crippen LogP contribution in [0.15, 0.2) is 23.2 Å². The molecule has 1 atom stereocenters. The summed E-state index contributed by atoms with van der Waals surface area (Å²) < 4.78 is 38.5. The van der Waals surface area contributed by atoms with Crippen molar-refractivity contribution in [1.82, 2.24) is 5.32 Å². The van der Waals surface area contributed by atoms with E-state index in [0.29, 0.717) is 6.54 Å². The van der Waals surface area contributed by atoms with Gasteiger partial charge in [0.2, 0.25) is 0 Å². The van der Waals surface area contributed by atoms with Crippen LogP contribution in [0.25, 0.3) is 0 Å². The fourth-order valence-electron chi connectivity index (χ4n) is 1.67. The van der Waals surface area contributed by atoms with Gasteiger partial charge in [0, 0.05) is 16.6 Å². The van der Waals surface area contributed by atoms with E-state index in [1.54, 1.807) is 0 Å². The van der Waals surface area contributed by atoms with Crippen LogP contribution in [0.3, 0.4) is 0 Å². The predicted octanol–water partition coefficient (Wildman–Crippen LogP) is 3.10. The number of aliphatic imine (C=N–C) groups is 1. The molecule has 92 valence electrons. The summed E-state index contributed by atoms with van der Waals surface area (Å²) in [4.78, 5) is 4.05. The van der Waals surface area contributed by atoms with Crippen LogP contribution in [0.2, 0.25) is 5.02 Å². The summed E-state index contributed by atoms with van der Waals surface area (Å²) in [6.07, 6.45) is -4.43. The minimum Gasteiger partial charge on any atom is -0.366 e. The number of alkyl halides is 3. The van der Waals surface area contributed by atoms with Crippen molar-refractivity contribution in [2.24, 2.45) is 4.99 Å². The molecule has 0 aromatic heterocycles. The van der Waals surface area contributed by atoms with Gasteiger partial charge in [-0.2, -0.15) is 13.2 Å². The molecule has 0 fully saturated rings. The highest BCUT2D eigenvalue weighted by Crippen LogP contribution is 2.34. The summed E-state index contributed by atoms with van der Waals surface area (Å²) in [5.41, 5.74) is -0.711. The lowest BCUT2D eigenvalue weighted by atomic mass is 10.1. The average Bonchev–Trinajstić information content (AvgIpc) is 2.63. The Bertz CT molecular complexity index is 468. The van der Waals surface area contributed by atoms with Gasteiger partial charge in [0.1, 0.15) is 5.84 Å². The molecule has 1 aromatic rings. The van der Waals surface area contributed by atoms with Gasteiger partial charge in [0.25, 0.3) is 0 Å². The van der Waals surface area contributed by atoms with Gasteiger partial charge in [-0.1, -0.05) is 11.6 Å². The molecule has 0 radical (unpaired) electrons. The number of nitrogens with one attached hydrogen (secondary N) is 1. The van der Waals surface area contributed by atoms with E-state index in [2.05, 4.69) is 10.3 Å². The van der Waals surface area contributed by atoms with Crippen molar-refractivity contribution >= 4 is 17.4 Å². The van der Waals surface area contributed by atoms with E-state index in [4.69, 9.17) is 11.6 Å². The lowest BCUT2D eigenvalue weighted by Crippen LogP contribution is -2.29. The minimum atomic E-state index is -4.43. The highest BCUT2D eigenvalue weighted by atomic mass is 35.5. The highest BCUT2D eigenvalue weighted by molar-refractivity contribution is 6.30. The van der Waals surface area contributed by atoms with E-state index in [9.17, 15) is 13.2 Å². The summed E-state index contributed by atoms with van der Waals surface area (Å²) in [7, 11) is 0. The predicted molar refractivity (Wildman–Crippen MR) is 60.5 cm³/mol. The lowest BCUT2D eigenvalue weighted by molar-refractivity contribution is -0.137. The van der Waals surface area contributed by atoms with Gasteiger partial charge < -0.3 is 5.32 Å². The van der Waals surface area contributed by atoms with E-state index in [1.807, 2.05) is 6.92 Å². The van der Waals surface area contributed by atoms with E-state index >= 15 is 0 Å². The molecule has 1 aliphatic heterocycles. The third-order valence-corrected chi connectivity index (χ3v) is 2.68. The number of amidine groups is 1. The normalized spacial score (nSPS) is 20.1. The second kappa shape index (κ2) is 4.22. The maximum Gasteiger partial charge on any atom is 0.417 e. The molecule has 17 heavy (non-hydrogen) atoms. The summed E-state index contributed by atoms with van der Waals surface area (Å²) in [5, 5.41) is 2.97. The zero-order chi connectivity index (χ0) is 12.6. The average molecular weight is 263 g/mol. The van der Waals surface area contributed by atoms with Crippen molar-refractivity contribution in [2.75, 3.05) is 6.54 Å². The van der Waals surface area contributed by atoms with E-state index < -0.39 is 11.7 Å². The molecule has 0 saturated carbocycles. The number of halogens is 4. The minimum absolute atomic E-state index is 0.0475. The number of hydrogen-bond acceptors (Lipinski definition) is 2. The summed E-state index contributed by atoms with van der Waals surface area (Å²) in [6.45, 7) is 2.34. The SMILES string of the molecule is CC1CN=C(c2ccc(Cl)cc2C(F)(F)F)N1. The molecule has 1 aliphatic rings. The van der Waals surface area contributed by atoms with E-state index in [0.717, 1.165) is 6.07 Å². The number of hydrogen-bond donors (Lipinski definition) is 1. The van der Waals surface area contributed by atoms with Gasteiger partial charge in [-0.25, -0.2) is 0 Å². The van der Waals surface area contributed by atoms with E-state index in [-0.39, 0.29) is 22.5 Å². The van der Waals surface area contributed by atoms with Crippen molar-refractivity contribution in [3.63, 3.8) is 0 Å². The van der Waals surface area contributed by atoms with Gasteiger partial charge in [-0.05, 0) is 25.1 Å². The Balaban J connectivity index is 2.47. The molecule has 2 rings (SSSR count). The zero-order valence-electron chi connectivity index (χ0n) is 8.98. The summed E-state index contributed by atoms with van der Waals surface area (Å²) in [5.74, 6) is 0.279. The van der Waals surface area contributed by atoms with Crippen molar-refractivity contribution in [3.8, 4) is 0 Å². The maximum absolute atomic E-state index is 12.8. The molecule has 0 aliphatic carbocycles. The Labute approximate surface area is 101 Å². The molecule has 0 spiro atoms. The van der Waals surface area contributed by atoms with Gasteiger partial charge in [-0.3, -0.25) is 4.99 Å². The van der Waals surface area contributed by atoms with Crippen LogP contribution in [0.1, 0.15) is 18.1 Å². The second-order valence-corrected chi connectivity index (χ2v) is 4.36. The topological polar surface area (TPSA) is 24.4 Å². The maximum atomic E-state index is 12.8. The molecule has 0 bridgehead atoms. The molecule has 6 heteroatoms. The van der Waals surface area contributed by atoms with Gasteiger partial charge in [0.05, 0.1) is 12.1 Å². The monoisotopic (exact) mass is 262 g/mol. The van der Waals surface area contributed by atoms with Crippen LogP contribution in [0, 0.1) is 0 Å². The number of nitrogens with zero attached hydrogens (tertiary/aromatic N) is 1. The first kappa shape index (κ1) is 12.2. The van der Waals surface area contributed by atoms with Gasteiger partial charge in [-0.15, -0.1) is 0 Å². The van der Waals surface area contributed by atoms with Crippen LogP contribution in [0.4, 0.5) is 13.2 Å². The second-order valence-electron chi connectivity index (χ2n) is 3.92. The highest BCUT2D eigenvalue weighted by Gasteiger charge is 2.35. The fourth-order valence-corrected chi connectivity index (χ4v) is 1.85. The van der Waals surface area contributed by atoms with Crippen LogP contribution in [-0.2, 0) is 6.18 Å². The van der Waals surface area contributed by atoms with Crippen LogP contribution in [0.5, 0.6) is 0 Å². The zero-order valence-corrected chi connectivity index (χ0v) is 9.73. The van der Waals surface area contributed by atoms with E-state index in [1.165, 1.54) is 12.1 Å². The van der Waals surface area contributed by atoms with Crippen molar-refractivity contribution in [2.45, 2.75) is 19.1 Å². The smallest absolute Gasteiger partial charge is 0.366 e. The van der Waals surface area contributed by atoms with Crippen LogP contribution < -0.4 is 5.32 Å². The van der Waals surface area contributed by atoms with Gasteiger partial charge in [0.15, 0.2) is 0 Å². The summed E-state index contributed by atoms with van der Waals surface area (Å²) >= 11 is 5.60. The lowest BCUT2D eigenvalue weighted by Gasteiger charge is -2.14. The largest absolute Gasteiger partial charge is 0.417 e. The molecule has 2 nitrogen and oxygen atoms in total.